The summed E-state index contributed by atoms with van der Waals surface area (Å²) < 4.78 is 6.43. The van der Waals surface area contributed by atoms with Gasteiger partial charge in [-0.05, 0) is 23.8 Å². The monoisotopic (exact) mass is 368 g/mol. The number of nitrogens with two attached hydrogens (primary N) is 1. The summed E-state index contributed by atoms with van der Waals surface area (Å²) in [6.45, 7) is 3.17. The standard InChI is InChI=1S/C19H20N4O2S/c20-17(13-4-2-1-3-5-13)18(24)21-14-6-7-15-16(12-14)26-19(22-15)23-8-10-25-11-9-23/h1-7,12,17H,8-11,20H2,(H,21,24). The molecule has 0 spiro atoms. The zero-order chi connectivity index (χ0) is 17.9. The van der Waals surface area contributed by atoms with E-state index in [4.69, 9.17) is 15.5 Å². The summed E-state index contributed by atoms with van der Waals surface area (Å²) >= 11 is 1.63. The van der Waals surface area contributed by atoms with Gasteiger partial charge in [0.2, 0.25) is 5.91 Å². The van der Waals surface area contributed by atoms with E-state index >= 15 is 0 Å². The minimum absolute atomic E-state index is 0.228. The molecule has 2 aromatic carbocycles. The Morgan fingerprint density at radius 3 is 2.73 bits per heavy atom. The lowest BCUT2D eigenvalue weighted by molar-refractivity contribution is -0.117. The molecule has 1 aromatic heterocycles. The molecule has 26 heavy (non-hydrogen) atoms. The third-order valence-electron chi connectivity index (χ3n) is 4.37. The number of amides is 1. The van der Waals surface area contributed by atoms with Crippen molar-refractivity contribution in [3.63, 3.8) is 0 Å². The highest BCUT2D eigenvalue weighted by Gasteiger charge is 2.18. The number of rotatable bonds is 4. The Morgan fingerprint density at radius 1 is 1.19 bits per heavy atom. The zero-order valence-corrected chi connectivity index (χ0v) is 15.0. The van der Waals surface area contributed by atoms with Crippen LogP contribution in [0.15, 0.2) is 48.5 Å². The second-order valence-corrected chi connectivity index (χ2v) is 7.17. The fourth-order valence-corrected chi connectivity index (χ4v) is 3.97. The Bertz CT molecular complexity index is 906. The first-order valence-electron chi connectivity index (χ1n) is 8.55. The summed E-state index contributed by atoms with van der Waals surface area (Å²) in [6, 6.07) is 14.4. The molecule has 3 N–H and O–H groups in total. The van der Waals surface area contributed by atoms with Crippen molar-refractivity contribution in [2.45, 2.75) is 6.04 Å². The molecule has 1 unspecified atom stereocenters. The maximum absolute atomic E-state index is 12.4. The number of morpholine rings is 1. The SMILES string of the molecule is NC(C(=O)Nc1ccc2nc(N3CCOCC3)sc2c1)c1ccccc1. The van der Waals surface area contributed by atoms with Gasteiger partial charge in [-0.25, -0.2) is 4.98 Å². The van der Waals surface area contributed by atoms with Crippen LogP contribution in [-0.4, -0.2) is 37.2 Å². The van der Waals surface area contributed by atoms with Gasteiger partial charge in [0, 0.05) is 18.8 Å². The van der Waals surface area contributed by atoms with Crippen molar-refractivity contribution in [3.8, 4) is 0 Å². The molecular formula is C19H20N4O2S. The smallest absolute Gasteiger partial charge is 0.245 e. The molecular weight excluding hydrogens is 348 g/mol. The Balaban J connectivity index is 1.51. The first kappa shape index (κ1) is 17.0. The molecule has 2 heterocycles. The number of benzene rings is 2. The molecule has 0 saturated carbocycles. The van der Waals surface area contributed by atoms with Crippen LogP contribution in [0.4, 0.5) is 10.8 Å². The average Bonchev–Trinajstić information content (AvgIpc) is 3.12. The highest BCUT2D eigenvalue weighted by Crippen LogP contribution is 2.31. The van der Waals surface area contributed by atoms with Crippen LogP contribution in [0.5, 0.6) is 0 Å². The minimum atomic E-state index is -0.697. The minimum Gasteiger partial charge on any atom is -0.378 e. The lowest BCUT2D eigenvalue weighted by Crippen LogP contribution is -2.36. The molecule has 6 nitrogen and oxygen atoms in total. The van der Waals surface area contributed by atoms with Crippen molar-refractivity contribution in [2.75, 3.05) is 36.5 Å². The van der Waals surface area contributed by atoms with Gasteiger partial charge in [-0.2, -0.15) is 0 Å². The van der Waals surface area contributed by atoms with Crippen LogP contribution in [0, 0.1) is 0 Å². The van der Waals surface area contributed by atoms with Crippen molar-refractivity contribution in [1.82, 2.24) is 4.98 Å². The third kappa shape index (κ3) is 3.55. The van der Waals surface area contributed by atoms with Gasteiger partial charge in [-0.1, -0.05) is 41.7 Å². The number of ether oxygens (including phenoxy) is 1. The highest BCUT2D eigenvalue weighted by molar-refractivity contribution is 7.22. The fraction of sp³-hybridized carbons (Fsp3) is 0.263. The zero-order valence-electron chi connectivity index (χ0n) is 14.2. The third-order valence-corrected chi connectivity index (χ3v) is 5.45. The summed E-state index contributed by atoms with van der Waals surface area (Å²) in [5, 5.41) is 3.90. The van der Waals surface area contributed by atoms with Crippen LogP contribution in [0.25, 0.3) is 10.2 Å². The maximum atomic E-state index is 12.4. The number of fused-ring (bicyclic) bond motifs is 1. The number of hydrogen-bond acceptors (Lipinski definition) is 6. The van der Waals surface area contributed by atoms with E-state index in [-0.39, 0.29) is 5.91 Å². The van der Waals surface area contributed by atoms with Crippen LogP contribution >= 0.6 is 11.3 Å². The highest BCUT2D eigenvalue weighted by atomic mass is 32.1. The van der Waals surface area contributed by atoms with Gasteiger partial charge in [0.05, 0.1) is 23.4 Å². The van der Waals surface area contributed by atoms with Crippen molar-refractivity contribution in [1.29, 1.82) is 0 Å². The molecule has 1 amide bonds. The average molecular weight is 368 g/mol. The number of nitrogens with zero attached hydrogens (tertiary/aromatic N) is 2. The quantitative estimate of drug-likeness (QED) is 0.740. The Hall–Kier alpha value is -2.48. The number of thiazole rings is 1. The molecule has 4 rings (SSSR count). The van der Waals surface area contributed by atoms with Gasteiger partial charge in [0.1, 0.15) is 6.04 Å². The maximum Gasteiger partial charge on any atom is 0.245 e. The Labute approximate surface area is 155 Å². The molecule has 1 atom stereocenters. The normalized spacial score (nSPS) is 15.8. The predicted molar refractivity (Wildman–Crippen MR) is 105 cm³/mol. The molecule has 7 heteroatoms. The number of carbonyl (C=O) groups excluding carboxylic acids is 1. The number of aromatic nitrogens is 1. The fourth-order valence-electron chi connectivity index (χ4n) is 2.91. The molecule has 134 valence electrons. The van der Waals surface area contributed by atoms with E-state index in [1.165, 1.54) is 0 Å². The van der Waals surface area contributed by atoms with Gasteiger partial charge in [0.25, 0.3) is 0 Å². The van der Waals surface area contributed by atoms with Crippen LogP contribution < -0.4 is 16.0 Å². The van der Waals surface area contributed by atoms with E-state index in [2.05, 4.69) is 10.2 Å². The van der Waals surface area contributed by atoms with Crippen LogP contribution in [-0.2, 0) is 9.53 Å². The topological polar surface area (TPSA) is 80.5 Å². The van der Waals surface area contributed by atoms with E-state index in [1.807, 2.05) is 48.5 Å². The van der Waals surface area contributed by atoms with Crippen molar-refractivity contribution in [3.05, 3.63) is 54.1 Å². The summed E-state index contributed by atoms with van der Waals surface area (Å²) in [5.41, 5.74) is 8.51. The van der Waals surface area contributed by atoms with E-state index in [0.29, 0.717) is 0 Å². The molecule has 3 aromatic rings. The lowest BCUT2D eigenvalue weighted by Gasteiger charge is -2.25. The summed E-state index contributed by atoms with van der Waals surface area (Å²) in [6.07, 6.45) is 0. The Kier molecular flexibility index (Phi) is 4.83. The lowest BCUT2D eigenvalue weighted by atomic mass is 10.1. The van der Waals surface area contributed by atoms with E-state index in [0.717, 1.165) is 52.9 Å². The number of hydrogen-bond donors (Lipinski definition) is 2. The van der Waals surface area contributed by atoms with Gasteiger partial charge < -0.3 is 20.7 Å². The van der Waals surface area contributed by atoms with Crippen molar-refractivity contribution in [2.24, 2.45) is 5.73 Å². The summed E-state index contributed by atoms with van der Waals surface area (Å²) in [7, 11) is 0. The van der Waals surface area contributed by atoms with Crippen LogP contribution in [0.2, 0.25) is 0 Å². The molecule has 1 aliphatic rings. The van der Waals surface area contributed by atoms with Crippen LogP contribution in [0.3, 0.4) is 0 Å². The van der Waals surface area contributed by atoms with Crippen molar-refractivity contribution < 1.29 is 9.53 Å². The summed E-state index contributed by atoms with van der Waals surface area (Å²) in [5.74, 6) is -0.228. The first-order valence-corrected chi connectivity index (χ1v) is 9.37. The molecule has 1 saturated heterocycles. The van der Waals surface area contributed by atoms with Crippen LogP contribution in [0.1, 0.15) is 11.6 Å². The van der Waals surface area contributed by atoms with Crippen molar-refractivity contribution >= 4 is 38.3 Å². The van der Waals surface area contributed by atoms with Gasteiger partial charge in [0.15, 0.2) is 5.13 Å². The van der Waals surface area contributed by atoms with Gasteiger partial charge >= 0.3 is 0 Å². The largest absolute Gasteiger partial charge is 0.378 e. The van der Waals surface area contributed by atoms with E-state index in [9.17, 15) is 4.79 Å². The number of carbonyl (C=O) groups is 1. The molecule has 0 bridgehead atoms. The number of nitrogens with one attached hydrogen (secondary N) is 1. The molecule has 0 radical (unpaired) electrons. The molecule has 1 fully saturated rings. The first-order chi connectivity index (χ1) is 12.7. The van der Waals surface area contributed by atoms with E-state index < -0.39 is 6.04 Å². The van der Waals surface area contributed by atoms with Gasteiger partial charge in [-0.15, -0.1) is 0 Å². The van der Waals surface area contributed by atoms with Gasteiger partial charge in [-0.3, -0.25) is 4.79 Å². The second kappa shape index (κ2) is 7.41. The predicted octanol–water partition coefficient (Wildman–Crippen LogP) is 2.77. The second-order valence-electron chi connectivity index (χ2n) is 6.16. The molecule has 0 aliphatic carbocycles. The number of anilines is 2. The van der Waals surface area contributed by atoms with E-state index in [1.54, 1.807) is 11.3 Å². The summed E-state index contributed by atoms with van der Waals surface area (Å²) in [4.78, 5) is 19.4. The molecule has 1 aliphatic heterocycles. The Morgan fingerprint density at radius 2 is 1.96 bits per heavy atom.